The molecule has 2 N–H and O–H groups in total. The van der Waals surface area contributed by atoms with Crippen LogP contribution in [0, 0.1) is 25.7 Å². The molecule has 28 heavy (non-hydrogen) atoms. The van der Waals surface area contributed by atoms with Gasteiger partial charge in [-0.2, -0.15) is 0 Å². The summed E-state index contributed by atoms with van der Waals surface area (Å²) in [5.74, 6) is 0.897. The Morgan fingerprint density at radius 2 is 2.07 bits per heavy atom. The highest BCUT2D eigenvalue weighted by Gasteiger charge is 2.47. The average molecular weight is 395 g/mol. The quantitative estimate of drug-likeness (QED) is 0.700. The lowest BCUT2D eigenvalue weighted by atomic mass is 9.87. The van der Waals surface area contributed by atoms with Gasteiger partial charge in [-0.15, -0.1) is 11.3 Å². The molecule has 2 aliphatic heterocycles. The van der Waals surface area contributed by atoms with Crippen molar-refractivity contribution in [2.24, 2.45) is 11.8 Å². The van der Waals surface area contributed by atoms with Crippen LogP contribution >= 0.6 is 11.3 Å². The Morgan fingerprint density at radius 1 is 1.25 bits per heavy atom. The number of nitrogens with one attached hydrogen (secondary N) is 2. The zero-order valence-corrected chi connectivity index (χ0v) is 16.7. The fourth-order valence-electron chi connectivity index (χ4n) is 4.86. The van der Waals surface area contributed by atoms with Gasteiger partial charge in [0.05, 0.1) is 22.6 Å². The summed E-state index contributed by atoms with van der Waals surface area (Å²) in [5.41, 5.74) is 2.99. The molecular formula is C21H22N4O2S. The van der Waals surface area contributed by atoms with E-state index in [0.29, 0.717) is 26.9 Å². The Bertz CT molecular complexity index is 1130. The van der Waals surface area contributed by atoms with Crippen LogP contribution in [-0.2, 0) is 0 Å². The molecule has 6 nitrogen and oxygen atoms in total. The van der Waals surface area contributed by atoms with E-state index in [1.165, 1.54) is 28.8 Å². The molecule has 7 heteroatoms. The maximum atomic E-state index is 13.7. The summed E-state index contributed by atoms with van der Waals surface area (Å²) >= 11 is 1.32. The molecule has 0 spiro atoms. The number of H-pyrrole nitrogens is 1. The van der Waals surface area contributed by atoms with E-state index in [9.17, 15) is 9.59 Å². The van der Waals surface area contributed by atoms with E-state index in [-0.39, 0.29) is 17.5 Å². The van der Waals surface area contributed by atoms with Crippen molar-refractivity contribution in [1.82, 2.24) is 20.2 Å². The summed E-state index contributed by atoms with van der Waals surface area (Å²) < 4.78 is 0. The minimum Gasteiger partial charge on any atom is -0.330 e. The van der Waals surface area contributed by atoms with Gasteiger partial charge in [0.2, 0.25) is 0 Å². The van der Waals surface area contributed by atoms with Crippen molar-refractivity contribution in [1.29, 1.82) is 0 Å². The van der Waals surface area contributed by atoms with Crippen molar-refractivity contribution >= 4 is 27.5 Å². The first-order valence-corrected chi connectivity index (χ1v) is 10.4. The van der Waals surface area contributed by atoms with E-state index < -0.39 is 0 Å². The fraction of sp³-hybridized carbons (Fsp3) is 0.381. The van der Waals surface area contributed by atoms with Crippen LogP contribution in [-0.4, -0.2) is 40.4 Å². The predicted molar refractivity (Wildman–Crippen MR) is 110 cm³/mol. The van der Waals surface area contributed by atoms with Gasteiger partial charge in [0.15, 0.2) is 0 Å². The zero-order valence-electron chi connectivity index (χ0n) is 15.9. The molecule has 3 aromatic rings. The second-order valence-electron chi connectivity index (χ2n) is 7.81. The molecule has 0 bridgehead atoms. The molecule has 5 rings (SSSR count). The summed E-state index contributed by atoms with van der Waals surface area (Å²) in [5, 5.41) is 4.02. The Morgan fingerprint density at radius 3 is 2.86 bits per heavy atom. The molecule has 0 unspecified atom stereocenters. The number of fused-ring (bicyclic) bond motifs is 2. The summed E-state index contributed by atoms with van der Waals surface area (Å²) in [6.07, 6.45) is 1.40. The van der Waals surface area contributed by atoms with Gasteiger partial charge < -0.3 is 15.2 Å². The lowest BCUT2D eigenvalue weighted by Gasteiger charge is -2.29. The summed E-state index contributed by atoms with van der Waals surface area (Å²) in [6.45, 7) is 6.59. The number of aromatic nitrogens is 2. The van der Waals surface area contributed by atoms with Gasteiger partial charge in [-0.3, -0.25) is 9.59 Å². The van der Waals surface area contributed by atoms with Gasteiger partial charge in [0.1, 0.15) is 4.83 Å². The van der Waals surface area contributed by atoms with Crippen molar-refractivity contribution in [3.05, 3.63) is 62.5 Å². The lowest BCUT2D eigenvalue weighted by Crippen LogP contribution is -2.35. The molecule has 4 heterocycles. The molecule has 0 radical (unpaired) electrons. The molecule has 2 saturated heterocycles. The first-order chi connectivity index (χ1) is 13.6. The van der Waals surface area contributed by atoms with E-state index >= 15 is 0 Å². The maximum Gasteiger partial charge on any atom is 0.264 e. The molecule has 0 aliphatic carbocycles. The first-order valence-electron chi connectivity index (χ1n) is 9.60. The Kier molecular flexibility index (Phi) is 4.10. The van der Waals surface area contributed by atoms with E-state index in [1.54, 1.807) is 0 Å². The van der Waals surface area contributed by atoms with Crippen LogP contribution in [0.1, 0.15) is 32.4 Å². The van der Waals surface area contributed by atoms with Gasteiger partial charge in [0, 0.05) is 25.6 Å². The van der Waals surface area contributed by atoms with E-state index in [0.717, 1.165) is 25.2 Å². The van der Waals surface area contributed by atoms with Crippen molar-refractivity contribution in [2.75, 3.05) is 19.6 Å². The number of aryl methyl sites for hydroxylation is 2. The number of carbonyl (C=O) groups excluding carboxylic acids is 1. The number of benzene rings is 1. The summed E-state index contributed by atoms with van der Waals surface area (Å²) in [4.78, 5) is 36.0. The number of thiophene rings is 1. The van der Waals surface area contributed by atoms with E-state index in [2.05, 4.69) is 40.4 Å². The summed E-state index contributed by atoms with van der Waals surface area (Å²) in [7, 11) is 0. The van der Waals surface area contributed by atoms with E-state index in [4.69, 9.17) is 0 Å². The zero-order chi connectivity index (χ0) is 19.4. The predicted octanol–water partition coefficient (Wildman–Crippen LogP) is 2.63. The number of aromatic amines is 1. The molecule has 2 aliphatic rings. The Labute approximate surface area is 166 Å². The fourth-order valence-corrected chi connectivity index (χ4v) is 5.97. The van der Waals surface area contributed by atoms with Crippen LogP contribution in [0.15, 0.2) is 35.4 Å². The number of nitrogens with zero attached hydrogens (tertiary/aromatic N) is 2. The van der Waals surface area contributed by atoms with Crippen molar-refractivity contribution in [3.63, 3.8) is 0 Å². The average Bonchev–Trinajstić information content (AvgIpc) is 3.35. The van der Waals surface area contributed by atoms with Crippen molar-refractivity contribution < 1.29 is 4.79 Å². The second-order valence-corrected chi connectivity index (χ2v) is 8.81. The van der Waals surface area contributed by atoms with Crippen molar-refractivity contribution in [2.45, 2.75) is 19.9 Å². The topological polar surface area (TPSA) is 78.1 Å². The van der Waals surface area contributed by atoms with Crippen LogP contribution in [0.5, 0.6) is 0 Å². The van der Waals surface area contributed by atoms with Gasteiger partial charge in [0.25, 0.3) is 11.5 Å². The molecule has 2 fully saturated rings. The highest BCUT2D eigenvalue weighted by atomic mass is 32.1. The lowest BCUT2D eigenvalue weighted by molar-refractivity contribution is 0.0718. The number of amides is 1. The highest BCUT2D eigenvalue weighted by molar-refractivity contribution is 7.20. The van der Waals surface area contributed by atoms with Gasteiger partial charge in [-0.05, 0) is 36.5 Å². The van der Waals surface area contributed by atoms with Gasteiger partial charge >= 0.3 is 0 Å². The highest BCUT2D eigenvalue weighted by Crippen LogP contribution is 2.45. The van der Waals surface area contributed by atoms with Crippen LogP contribution in [0.4, 0.5) is 0 Å². The largest absolute Gasteiger partial charge is 0.330 e. The maximum absolute atomic E-state index is 13.7. The number of likely N-dealkylation sites (tertiary alicyclic amines) is 1. The third-order valence-electron chi connectivity index (χ3n) is 6.26. The van der Waals surface area contributed by atoms with Crippen LogP contribution in [0.2, 0.25) is 0 Å². The first kappa shape index (κ1) is 17.6. The Hall–Kier alpha value is -2.51. The van der Waals surface area contributed by atoms with Gasteiger partial charge in [-0.25, -0.2) is 4.98 Å². The SMILES string of the molecule is Cc1ccccc1[C@@H]1[C@H]2CNC[C@H]2CN1C(=O)c1sc2nc[nH]c(=O)c2c1C. The molecular weight excluding hydrogens is 372 g/mol. The third kappa shape index (κ3) is 2.53. The van der Waals surface area contributed by atoms with Crippen LogP contribution < -0.4 is 10.9 Å². The van der Waals surface area contributed by atoms with Crippen LogP contribution in [0.25, 0.3) is 10.2 Å². The molecule has 0 saturated carbocycles. The number of hydrogen-bond acceptors (Lipinski definition) is 5. The van der Waals surface area contributed by atoms with Crippen LogP contribution in [0.3, 0.4) is 0 Å². The van der Waals surface area contributed by atoms with Crippen molar-refractivity contribution in [3.8, 4) is 0 Å². The normalized spacial score (nSPS) is 24.1. The third-order valence-corrected chi connectivity index (χ3v) is 7.45. The standard InChI is InChI=1S/C21H22N4O2S/c1-11-5-3-4-6-14(11)17-15-8-22-7-13(15)9-25(17)21(27)18-12(2)16-19(26)23-10-24-20(16)28-18/h3-6,10,13,15,17,22H,7-9H2,1-2H3,(H,23,24,26)/t13-,15-,17+/m0/s1. The second kappa shape index (κ2) is 6.53. The molecule has 144 valence electrons. The number of carbonyl (C=O) groups is 1. The Balaban J connectivity index is 1.60. The molecule has 1 aromatic carbocycles. The number of hydrogen-bond donors (Lipinski definition) is 2. The molecule has 3 atom stereocenters. The smallest absolute Gasteiger partial charge is 0.264 e. The molecule has 1 amide bonds. The van der Waals surface area contributed by atoms with E-state index in [1.807, 2.05) is 17.9 Å². The minimum atomic E-state index is -0.184. The monoisotopic (exact) mass is 394 g/mol. The number of rotatable bonds is 2. The minimum absolute atomic E-state index is 0.0163. The summed E-state index contributed by atoms with van der Waals surface area (Å²) in [6, 6.07) is 8.41. The van der Waals surface area contributed by atoms with Gasteiger partial charge in [-0.1, -0.05) is 24.3 Å². The molecule has 2 aromatic heterocycles.